The molecule has 1 N–H and O–H groups in total. The first-order chi connectivity index (χ1) is 7.25. The molecule has 1 saturated heterocycles. The predicted octanol–water partition coefficient (Wildman–Crippen LogP) is 2.25. The zero-order valence-electron chi connectivity index (χ0n) is 9.54. The topological polar surface area (TPSA) is 53.2 Å². The van der Waals surface area contributed by atoms with Crippen LogP contribution in [0.5, 0.6) is 0 Å². The second-order valence-electron chi connectivity index (χ2n) is 4.44. The van der Waals surface area contributed by atoms with Crippen LogP contribution >= 0.6 is 0 Å². The molecule has 0 saturated carbocycles. The van der Waals surface area contributed by atoms with E-state index >= 15 is 0 Å². The number of hydrogen-bond acceptors (Lipinski definition) is 3. The lowest BCUT2D eigenvalue weighted by atomic mass is 9.77. The highest BCUT2D eigenvalue weighted by Crippen LogP contribution is 2.33. The first kappa shape index (κ1) is 12.5. The Morgan fingerprint density at radius 3 is 2.87 bits per heavy atom. The molecule has 0 spiro atoms. The Kier molecular flexibility index (Phi) is 5.07. The molecule has 0 radical (unpaired) electrons. The molecule has 0 aromatic rings. The average Bonchev–Trinajstić information content (AvgIpc) is 2.30. The van der Waals surface area contributed by atoms with Crippen molar-refractivity contribution < 1.29 is 9.84 Å². The molecular formula is C12H21NO2. The van der Waals surface area contributed by atoms with Gasteiger partial charge in [-0.05, 0) is 19.3 Å². The van der Waals surface area contributed by atoms with Crippen molar-refractivity contribution >= 4 is 0 Å². The number of ether oxygens (including phenoxy) is 1. The van der Waals surface area contributed by atoms with Crippen molar-refractivity contribution in [3.05, 3.63) is 0 Å². The van der Waals surface area contributed by atoms with Gasteiger partial charge in [-0.3, -0.25) is 0 Å². The third kappa shape index (κ3) is 3.19. The van der Waals surface area contributed by atoms with E-state index in [1.54, 1.807) is 0 Å². The molecule has 3 heteroatoms. The van der Waals surface area contributed by atoms with Gasteiger partial charge in [0.15, 0.2) is 0 Å². The van der Waals surface area contributed by atoms with Gasteiger partial charge in [0.25, 0.3) is 0 Å². The molecule has 1 aliphatic heterocycles. The van der Waals surface area contributed by atoms with E-state index in [-0.39, 0.29) is 0 Å². The SMILES string of the molecule is CCCCCC(O)C1(C#N)CCCOC1. The summed E-state index contributed by atoms with van der Waals surface area (Å²) < 4.78 is 5.32. The number of aliphatic hydroxyl groups excluding tert-OH is 1. The number of hydrogen-bond donors (Lipinski definition) is 1. The Balaban J connectivity index is 2.45. The molecule has 1 heterocycles. The first-order valence-corrected chi connectivity index (χ1v) is 5.92. The van der Waals surface area contributed by atoms with Crippen molar-refractivity contribution in [1.29, 1.82) is 5.26 Å². The van der Waals surface area contributed by atoms with Gasteiger partial charge in [0, 0.05) is 6.61 Å². The summed E-state index contributed by atoms with van der Waals surface area (Å²) in [6.07, 6.45) is 5.14. The van der Waals surface area contributed by atoms with E-state index in [1.165, 1.54) is 0 Å². The minimum absolute atomic E-state index is 0.400. The van der Waals surface area contributed by atoms with Crippen molar-refractivity contribution in [3.63, 3.8) is 0 Å². The lowest BCUT2D eigenvalue weighted by Crippen LogP contribution is -2.41. The molecule has 1 rings (SSSR count). The molecule has 3 nitrogen and oxygen atoms in total. The maximum absolute atomic E-state index is 10.0. The fourth-order valence-electron chi connectivity index (χ4n) is 2.11. The number of nitrogens with zero attached hydrogens (tertiary/aromatic N) is 1. The summed E-state index contributed by atoms with van der Waals surface area (Å²) in [6, 6.07) is 2.27. The largest absolute Gasteiger partial charge is 0.391 e. The summed E-state index contributed by atoms with van der Waals surface area (Å²) in [4.78, 5) is 0. The van der Waals surface area contributed by atoms with E-state index in [1.807, 2.05) is 0 Å². The smallest absolute Gasteiger partial charge is 0.106 e. The fraction of sp³-hybridized carbons (Fsp3) is 0.917. The number of rotatable bonds is 5. The molecular weight excluding hydrogens is 190 g/mol. The van der Waals surface area contributed by atoms with Crippen LogP contribution in [0.15, 0.2) is 0 Å². The highest BCUT2D eigenvalue weighted by atomic mass is 16.5. The van der Waals surface area contributed by atoms with Gasteiger partial charge in [-0.25, -0.2) is 0 Å². The number of nitriles is 1. The van der Waals surface area contributed by atoms with E-state index in [2.05, 4.69) is 13.0 Å². The molecule has 2 unspecified atom stereocenters. The van der Waals surface area contributed by atoms with Gasteiger partial charge in [-0.2, -0.15) is 5.26 Å². The number of aliphatic hydroxyl groups is 1. The van der Waals surface area contributed by atoms with Crippen LogP contribution in [-0.4, -0.2) is 24.4 Å². The van der Waals surface area contributed by atoms with Crippen LogP contribution in [0.2, 0.25) is 0 Å². The fourth-order valence-corrected chi connectivity index (χ4v) is 2.11. The minimum Gasteiger partial charge on any atom is -0.391 e. The Morgan fingerprint density at radius 1 is 1.53 bits per heavy atom. The van der Waals surface area contributed by atoms with Crippen LogP contribution < -0.4 is 0 Å². The van der Waals surface area contributed by atoms with Crippen molar-refractivity contribution in [2.45, 2.75) is 51.6 Å². The van der Waals surface area contributed by atoms with Gasteiger partial charge in [-0.15, -0.1) is 0 Å². The Morgan fingerprint density at radius 2 is 2.33 bits per heavy atom. The summed E-state index contributed by atoms with van der Waals surface area (Å²) >= 11 is 0. The maximum atomic E-state index is 10.0. The van der Waals surface area contributed by atoms with Crippen molar-refractivity contribution in [2.24, 2.45) is 5.41 Å². The molecule has 1 fully saturated rings. The minimum atomic E-state index is -0.633. The van der Waals surface area contributed by atoms with E-state index in [4.69, 9.17) is 4.74 Å². The third-order valence-electron chi connectivity index (χ3n) is 3.21. The van der Waals surface area contributed by atoms with Crippen LogP contribution in [0, 0.1) is 16.7 Å². The molecule has 1 aliphatic rings. The van der Waals surface area contributed by atoms with Gasteiger partial charge in [0.05, 0.1) is 18.8 Å². The first-order valence-electron chi connectivity index (χ1n) is 5.92. The van der Waals surface area contributed by atoms with E-state index in [0.29, 0.717) is 6.61 Å². The summed E-state index contributed by atoms with van der Waals surface area (Å²) in [5.41, 5.74) is -0.633. The monoisotopic (exact) mass is 211 g/mol. The van der Waals surface area contributed by atoms with E-state index < -0.39 is 11.5 Å². The molecule has 0 amide bonds. The summed E-state index contributed by atoms with van der Waals surface area (Å²) in [5.74, 6) is 0. The van der Waals surface area contributed by atoms with Gasteiger partial charge >= 0.3 is 0 Å². The second-order valence-corrected chi connectivity index (χ2v) is 4.44. The highest BCUT2D eigenvalue weighted by Gasteiger charge is 2.39. The van der Waals surface area contributed by atoms with Crippen molar-refractivity contribution in [2.75, 3.05) is 13.2 Å². The molecule has 0 aromatic heterocycles. The van der Waals surface area contributed by atoms with Crippen LogP contribution in [0.3, 0.4) is 0 Å². The van der Waals surface area contributed by atoms with Crippen molar-refractivity contribution in [1.82, 2.24) is 0 Å². The lowest BCUT2D eigenvalue weighted by molar-refractivity contribution is -0.0523. The summed E-state index contributed by atoms with van der Waals surface area (Å²) in [6.45, 7) is 3.26. The third-order valence-corrected chi connectivity index (χ3v) is 3.21. The molecule has 0 aromatic carbocycles. The molecule has 86 valence electrons. The van der Waals surface area contributed by atoms with Gasteiger partial charge in [0.1, 0.15) is 5.41 Å². The molecule has 2 atom stereocenters. The summed E-state index contributed by atoms with van der Waals surface area (Å²) in [7, 11) is 0. The zero-order valence-corrected chi connectivity index (χ0v) is 9.54. The quantitative estimate of drug-likeness (QED) is 0.710. The number of unbranched alkanes of at least 4 members (excludes halogenated alkanes) is 2. The zero-order chi connectivity index (χ0) is 11.1. The van der Waals surface area contributed by atoms with Crippen LogP contribution in [0.4, 0.5) is 0 Å². The van der Waals surface area contributed by atoms with Gasteiger partial charge in [0.2, 0.25) is 0 Å². The van der Waals surface area contributed by atoms with E-state index in [9.17, 15) is 10.4 Å². The van der Waals surface area contributed by atoms with Gasteiger partial charge < -0.3 is 9.84 Å². The standard InChI is InChI=1S/C12H21NO2/c1-2-3-4-6-11(14)12(9-13)7-5-8-15-10-12/h11,14H,2-8,10H2,1H3. The Bertz CT molecular complexity index is 216. The van der Waals surface area contributed by atoms with Gasteiger partial charge in [-0.1, -0.05) is 26.2 Å². The molecule has 0 aliphatic carbocycles. The van der Waals surface area contributed by atoms with E-state index in [0.717, 1.165) is 45.1 Å². The average molecular weight is 211 g/mol. The molecule has 15 heavy (non-hydrogen) atoms. The van der Waals surface area contributed by atoms with Crippen molar-refractivity contribution in [3.8, 4) is 6.07 Å². The summed E-state index contributed by atoms with van der Waals surface area (Å²) in [5, 5.41) is 19.2. The lowest BCUT2D eigenvalue weighted by Gasteiger charge is -2.34. The Hall–Kier alpha value is -0.590. The van der Waals surface area contributed by atoms with Crippen LogP contribution in [0.25, 0.3) is 0 Å². The highest BCUT2D eigenvalue weighted by molar-refractivity contribution is 5.04. The molecule has 0 bridgehead atoms. The predicted molar refractivity (Wildman–Crippen MR) is 58.2 cm³/mol. The normalized spacial score (nSPS) is 28.3. The Labute approximate surface area is 92.0 Å². The second kappa shape index (κ2) is 6.09. The maximum Gasteiger partial charge on any atom is 0.106 e. The van der Waals surface area contributed by atoms with Crippen LogP contribution in [-0.2, 0) is 4.74 Å². The van der Waals surface area contributed by atoms with Crippen LogP contribution in [0.1, 0.15) is 45.4 Å².